The van der Waals surface area contributed by atoms with Gasteiger partial charge in [0.15, 0.2) is 5.76 Å². The highest BCUT2D eigenvalue weighted by atomic mass is 19.4. The fraction of sp³-hybridized carbons (Fsp3) is 0.167. The molecule has 0 atom stereocenters. The smallest absolute Gasteiger partial charge is 0.418 e. The second-order valence-corrected chi connectivity index (χ2v) is 3.57. The van der Waals surface area contributed by atoms with Crippen LogP contribution in [0.25, 0.3) is 5.76 Å². The van der Waals surface area contributed by atoms with Gasteiger partial charge in [-0.1, -0.05) is 24.3 Å². The summed E-state index contributed by atoms with van der Waals surface area (Å²) in [6.45, 7) is 0. The largest absolute Gasteiger partial charge is 0.491 e. The molecular formula is C12H8F3NO2. The van der Waals surface area contributed by atoms with E-state index >= 15 is 0 Å². The van der Waals surface area contributed by atoms with Gasteiger partial charge < -0.3 is 4.74 Å². The lowest BCUT2D eigenvalue weighted by Gasteiger charge is -2.11. The first-order valence-corrected chi connectivity index (χ1v) is 5.07. The lowest BCUT2D eigenvalue weighted by molar-refractivity contribution is -0.192. The summed E-state index contributed by atoms with van der Waals surface area (Å²) >= 11 is 0. The molecule has 0 bridgehead atoms. The Morgan fingerprint density at radius 3 is 2.72 bits per heavy atom. The minimum Gasteiger partial charge on any atom is -0.418 e. The number of hydrogen-bond acceptors (Lipinski definition) is 3. The summed E-state index contributed by atoms with van der Waals surface area (Å²) in [5, 5.41) is 0. The van der Waals surface area contributed by atoms with Crippen molar-refractivity contribution in [1.82, 2.24) is 0 Å². The van der Waals surface area contributed by atoms with Crippen LogP contribution in [0.5, 0.6) is 0 Å². The number of esters is 1. The molecule has 1 aromatic carbocycles. The zero-order chi connectivity index (χ0) is 13.2. The maximum absolute atomic E-state index is 12.1. The van der Waals surface area contributed by atoms with E-state index in [4.69, 9.17) is 0 Å². The normalized spacial score (nSPS) is 14.5. The molecule has 0 spiro atoms. The molecule has 0 N–H and O–H groups in total. The van der Waals surface area contributed by atoms with E-state index in [1.807, 2.05) is 0 Å². The molecule has 0 unspecified atom stereocenters. The van der Waals surface area contributed by atoms with Gasteiger partial charge in [0, 0.05) is 18.2 Å². The highest BCUT2D eigenvalue weighted by Crippen LogP contribution is 2.26. The zero-order valence-corrected chi connectivity index (χ0v) is 9.07. The van der Waals surface area contributed by atoms with Crippen LogP contribution < -0.4 is 0 Å². The number of carbonyl (C=O) groups excluding carboxylic acids is 1. The van der Waals surface area contributed by atoms with E-state index in [1.165, 1.54) is 6.21 Å². The van der Waals surface area contributed by atoms with Crippen molar-refractivity contribution in [3.63, 3.8) is 0 Å². The molecule has 3 nitrogen and oxygen atoms in total. The van der Waals surface area contributed by atoms with Gasteiger partial charge in [0.25, 0.3) is 0 Å². The molecule has 0 amide bonds. The third-order valence-corrected chi connectivity index (χ3v) is 2.33. The Kier molecular flexibility index (Phi) is 3.18. The van der Waals surface area contributed by atoms with Crippen molar-refractivity contribution in [1.29, 1.82) is 0 Å². The molecule has 2 rings (SSSR count). The van der Waals surface area contributed by atoms with Crippen molar-refractivity contribution in [2.75, 3.05) is 0 Å². The molecule has 94 valence electrons. The lowest BCUT2D eigenvalue weighted by Crippen LogP contribution is -2.24. The van der Waals surface area contributed by atoms with Crippen LogP contribution in [0.4, 0.5) is 13.2 Å². The van der Waals surface area contributed by atoms with E-state index < -0.39 is 12.1 Å². The Morgan fingerprint density at radius 2 is 2.00 bits per heavy atom. The zero-order valence-electron chi connectivity index (χ0n) is 9.07. The average molecular weight is 255 g/mol. The molecular weight excluding hydrogens is 247 g/mol. The molecule has 1 aromatic rings. The third-order valence-electron chi connectivity index (χ3n) is 2.33. The van der Waals surface area contributed by atoms with E-state index in [2.05, 4.69) is 9.73 Å². The first kappa shape index (κ1) is 12.3. The quantitative estimate of drug-likeness (QED) is 0.724. The van der Waals surface area contributed by atoms with Gasteiger partial charge >= 0.3 is 12.1 Å². The van der Waals surface area contributed by atoms with Gasteiger partial charge in [-0.05, 0) is 5.56 Å². The molecule has 1 heterocycles. The van der Waals surface area contributed by atoms with Gasteiger partial charge in [-0.25, -0.2) is 4.79 Å². The van der Waals surface area contributed by atoms with Gasteiger partial charge in [-0.2, -0.15) is 13.2 Å². The van der Waals surface area contributed by atoms with Gasteiger partial charge in [-0.15, -0.1) is 0 Å². The monoisotopic (exact) mass is 255 g/mol. The van der Waals surface area contributed by atoms with Gasteiger partial charge in [0.05, 0.1) is 6.20 Å². The number of carbonyl (C=O) groups is 1. The predicted molar refractivity (Wildman–Crippen MR) is 58.8 cm³/mol. The number of ether oxygens (including phenoxy) is 1. The summed E-state index contributed by atoms with van der Waals surface area (Å²) in [7, 11) is 0. The maximum Gasteiger partial charge on any atom is 0.491 e. The fourth-order valence-electron chi connectivity index (χ4n) is 1.52. The number of fused-ring (bicyclic) bond motifs is 1. The van der Waals surface area contributed by atoms with Crippen LogP contribution in [-0.4, -0.2) is 18.4 Å². The summed E-state index contributed by atoms with van der Waals surface area (Å²) in [6, 6.07) is 6.72. The average Bonchev–Trinajstić information content (AvgIpc) is 2.51. The van der Waals surface area contributed by atoms with Crippen LogP contribution in [0.3, 0.4) is 0 Å². The number of alkyl halides is 3. The van der Waals surface area contributed by atoms with E-state index in [-0.39, 0.29) is 5.76 Å². The van der Waals surface area contributed by atoms with Crippen molar-refractivity contribution < 1.29 is 22.7 Å². The van der Waals surface area contributed by atoms with Gasteiger partial charge in [0.2, 0.25) is 0 Å². The Bertz CT molecular complexity index is 532. The van der Waals surface area contributed by atoms with Crippen LogP contribution in [0, 0.1) is 0 Å². The summed E-state index contributed by atoms with van der Waals surface area (Å²) in [6.07, 6.45) is -1.91. The molecule has 6 heteroatoms. The minimum atomic E-state index is -5.02. The summed E-state index contributed by atoms with van der Waals surface area (Å²) in [5.74, 6) is -2.44. The van der Waals surface area contributed by atoms with Crippen LogP contribution in [0.1, 0.15) is 11.1 Å². The van der Waals surface area contributed by atoms with Crippen molar-refractivity contribution in [3.8, 4) is 0 Å². The predicted octanol–water partition coefficient (Wildman–Crippen LogP) is 2.72. The van der Waals surface area contributed by atoms with Crippen molar-refractivity contribution >= 4 is 17.9 Å². The molecule has 0 aromatic heterocycles. The Hall–Kier alpha value is -2.11. The lowest BCUT2D eigenvalue weighted by atomic mass is 10.0. The van der Waals surface area contributed by atoms with E-state index in [1.54, 1.807) is 24.3 Å². The van der Waals surface area contributed by atoms with Gasteiger partial charge in [-0.3, -0.25) is 4.99 Å². The Morgan fingerprint density at radius 1 is 1.28 bits per heavy atom. The molecule has 0 saturated heterocycles. The molecule has 0 fully saturated rings. The molecule has 0 saturated carbocycles. The van der Waals surface area contributed by atoms with Crippen LogP contribution in [0.2, 0.25) is 0 Å². The van der Waals surface area contributed by atoms with Crippen LogP contribution in [-0.2, 0) is 16.0 Å². The third kappa shape index (κ3) is 2.58. The SMILES string of the molecule is O=C(OC1=CN=CCc2ccccc21)C(F)(F)F. The van der Waals surface area contributed by atoms with Gasteiger partial charge in [0.1, 0.15) is 0 Å². The first-order valence-electron chi connectivity index (χ1n) is 5.07. The second-order valence-electron chi connectivity index (χ2n) is 3.57. The summed E-state index contributed by atoms with van der Waals surface area (Å²) in [5.41, 5.74) is 1.19. The number of rotatable bonds is 1. The molecule has 0 radical (unpaired) electrons. The Labute approximate surface area is 101 Å². The van der Waals surface area contributed by atoms with Crippen LogP contribution in [0.15, 0.2) is 35.5 Å². The maximum atomic E-state index is 12.1. The fourth-order valence-corrected chi connectivity index (χ4v) is 1.52. The number of aliphatic imine (C=N–C) groups is 1. The van der Waals surface area contributed by atoms with Crippen molar-refractivity contribution in [3.05, 3.63) is 41.6 Å². The summed E-state index contributed by atoms with van der Waals surface area (Å²) in [4.78, 5) is 14.6. The van der Waals surface area contributed by atoms with Crippen molar-refractivity contribution in [2.45, 2.75) is 12.6 Å². The number of hydrogen-bond donors (Lipinski definition) is 0. The molecule has 18 heavy (non-hydrogen) atoms. The van der Waals surface area contributed by atoms with E-state index in [0.717, 1.165) is 11.8 Å². The highest BCUT2D eigenvalue weighted by Gasteiger charge is 2.42. The topological polar surface area (TPSA) is 38.7 Å². The Balaban J connectivity index is 2.32. The molecule has 1 aliphatic rings. The standard InChI is InChI=1S/C12H8F3NO2/c13-12(14,15)11(17)18-10-7-16-6-5-8-3-1-2-4-9(8)10/h1-4,6-7H,5H2. The number of halogens is 3. The van der Waals surface area contributed by atoms with E-state index in [0.29, 0.717) is 12.0 Å². The van der Waals surface area contributed by atoms with E-state index in [9.17, 15) is 18.0 Å². The summed E-state index contributed by atoms with van der Waals surface area (Å²) < 4.78 is 40.8. The first-order chi connectivity index (χ1) is 8.48. The second kappa shape index (κ2) is 4.64. The highest BCUT2D eigenvalue weighted by molar-refractivity contribution is 5.84. The molecule has 1 aliphatic heterocycles. The van der Waals surface area contributed by atoms with Crippen molar-refractivity contribution in [2.24, 2.45) is 4.99 Å². The van der Waals surface area contributed by atoms with Crippen LogP contribution >= 0.6 is 0 Å². The number of nitrogens with zero attached hydrogens (tertiary/aromatic N) is 1. The minimum absolute atomic E-state index is 0.193. The molecule has 0 aliphatic carbocycles. The number of benzene rings is 1.